The molecule has 0 radical (unpaired) electrons. The first-order valence-electron chi connectivity index (χ1n) is 7.16. The summed E-state index contributed by atoms with van der Waals surface area (Å²) >= 11 is 0. The normalized spacial score (nSPS) is 37.9. The Labute approximate surface area is 106 Å². The molecule has 1 unspecified atom stereocenters. The third kappa shape index (κ3) is 3.99. The van der Waals surface area contributed by atoms with Crippen LogP contribution in [-0.4, -0.2) is 10.7 Å². The Morgan fingerprint density at radius 3 is 2.59 bits per heavy atom. The van der Waals surface area contributed by atoms with Crippen LogP contribution in [0.1, 0.15) is 58.8 Å². The molecule has 1 atom stereocenters. The van der Waals surface area contributed by atoms with Gasteiger partial charge in [0.15, 0.2) is 0 Å². The average molecular weight is 234 g/mol. The third-order valence-electron chi connectivity index (χ3n) is 4.41. The van der Waals surface area contributed by atoms with E-state index < -0.39 is 5.60 Å². The zero-order valence-corrected chi connectivity index (χ0v) is 11.3. The summed E-state index contributed by atoms with van der Waals surface area (Å²) in [5.41, 5.74) is 0.819. The average Bonchev–Trinajstić information content (AvgIpc) is 2.30. The second kappa shape index (κ2) is 5.39. The summed E-state index contributed by atoms with van der Waals surface area (Å²) in [6, 6.07) is 0. The Bertz CT molecular complexity index is 303. The van der Waals surface area contributed by atoms with E-state index in [1.807, 2.05) is 13.0 Å². The van der Waals surface area contributed by atoms with Gasteiger partial charge in [-0.3, -0.25) is 0 Å². The maximum atomic E-state index is 9.81. The molecule has 0 saturated heterocycles. The largest absolute Gasteiger partial charge is 0.386 e. The predicted octanol–water partition coefficient (Wildman–Crippen LogP) is 4.23. The molecule has 0 spiro atoms. The van der Waals surface area contributed by atoms with Crippen LogP contribution in [0.3, 0.4) is 0 Å². The van der Waals surface area contributed by atoms with Gasteiger partial charge in [-0.15, -0.1) is 0 Å². The lowest BCUT2D eigenvalue weighted by molar-refractivity contribution is 0.113. The molecule has 0 aliphatic heterocycles. The van der Waals surface area contributed by atoms with Crippen LogP contribution in [-0.2, 0) is 0 Å². The Morgan fingerprint density at radius 1 is 1.29 bits per heavy atom. The first-order valence-corrected chi connectivity index (χ1v) is 7.16. The molecule has 1 nitrogen and oxygen atoms in total. The molecule has 0 heterocycles. The van der Waals surface area contributed by atoms with E-state index in [2.05, 4.69) is 19.1 Å². The first kappa shape index (κ1) is 12.9. The lowest BCUT2D eigenvalue weighted by atomic mass is 9.80. The molecular formula is C16H26O. The van der Waals surface area contributed by atoms with Crippen LogP contribution in [0.5, 0.6) is 0 Å². The third-order valence-corrected chi connectivity index (χ3v) is 4.41. The summed E-state index contributed by atoms with van der Waals surface area (Å²) in [6.07, 6.45) is 15.3. The van der Waals surface area contributed by atoms with Crippen molar-refractivity contribution in [3.63, 3.8) is 0 Å². The smallest absolute Gasteiger partial charge is 0.0837 e. The summed E-state index contributed by atoms with van der Waals surface area (Å²) in [7, 11) is 0. The van der Waals surface area contributed by atoms with E-state index >= 15 is 0 Å². The van der Waals surface area contributed by atoms with Gasteiger partial charge in [-0.2, -0.15) is 0 Å². The minimum Gasteiger partial charge on any atom is -0.386 e. The van der Waals surface area contributed by atoms with Gasteiger partial charge in [0.05, 0.1) is 5.60 Å². The summed E-state index contributed by atoms with van der Waals surface area (Å²) in [5.74, 6) is 1.90. The topological polar surface area (TPSA) is 20.2 Å². The fourth-order valence-corrected chi connectivity index (χ4v) is 2.93. The predicted molar refractivity (Wildman–Crippen MR) is 72.8 cm³/mol. The molecule has 1 N–H and O–H groups in total. The van der Waals surface area contributed by atoms with Crippen LogP contribution in [0.2, 0.25) is 0 Å². The Balaban J connectivity index is 1.73. The summed E-state index contributed by atoms with van der Waals surface area (Å²) in [6.45, 7) is 4.25. The highest BCUT2D eigenvalue weighted by molar-refractivity contribution is 5.27. The molecular weight excluding hydrogens is 208 g/mol. The van der Waals surface area contributed by atoms with Crippen molar-refractivity contribution in [2.24, 2.45) is 11.8 Å². The van der Waals surface area contributed by atoms with Crippen LogP contribution in [0.4, 0.5) is 0 Å². The van der Waals surface area contributed by atoms with Crippen LogP contribution >= 0.6 is 0 Å². The summed E-state index contributed by atoms with van der Waals surface area (Å²) < 4.78 is 0. The van der Waals surface area contributed by atoms with Gasteiger partial charge in [0.1, 0.15) is 0 Å². The highest BCUT2D eigenvalue weighted by Gasteiger charge is 2.20. The molecule has 1 fully saturated rings. The first-order chi connectivity index (χ1) is 8.05. The quantitative estimate of drug-likeness (QED) is 0.774. The van der Waals surface area contributed by atoms with E-state index in [0.29, 0.717) is 0 Å². The number of aliphatic hydroxyl groups is 1. The van der Waals surface area contributed by atoms with Crippen LogP contribution in [0, 0.1) is 11.8 Å². The molecule has 0 aromatic carbocycles. The van der Waals surface area contributed by atoms with E-state index in [0.717, 1.165) is 18.3 Å². The number of rotatable bonds is 3. The zero-order valence-electron chi connectivity index (χ0n) is 11.3. The van der Waals surface area contributed by atoms with Crippen LogP contribution in [0.15, 0.2) is 23.8 Å². The van der Waals surface area contributed by atoms with Crippen molar-refractivity contribution >= 4 is 0 Å². The highest BCUT2D eigenvalue weighted by atomic mass is 16.3. The monoisotopic (exact) mass is 234 g/mol. The number of hydrogen-bond donors (Lipinski definition) is 1. The highest BCUT2D eigenvalue weighted by Crippen LogP contribution is 2.33. The van der Waals surface area contributed by atoms with Crippen molar-refractivity contribution in [1.29, 1.82) is 0 Å². The Kier molecular flexibility index (Phi) is 4.09. The molecule has 1 saturated carbocycles. The number of allylic oxidation sites excluding steroid dienone is 2. The molecule has 96 valence electrons. The van der Waals surface area contributed by atoms with Gasteiger partial charge in [0, 0.05) is 0 Å². The lowest BCUT2D eigenvalue weighted by Crippen LogP contribution is -2.21. The van der Waals surface area contributed by atoms with Crippen LogP contribution < -0.4 is 0 Å². The van der Waals surface area contributed by atoms with E-state index in [1.165, 1.54) is 44.1 Å². The van der Waals surface area contributed by atoms with E-state index in [-0.39, 0.29) is 0 Å². The van der Waals surface area contributed by atoms with Crippen molar-refractivity contribution < 1.29 is 5.11 Å². The zero-order chi connectivity index (χ0) is 12.3. The molecule has 0 aromatic heterocycles. The van der Waals surface area contributed by atoms with Gasteiger partial charge in [-0.05, 0) is 38.0 Å². The van der Waals surface area contributed by atoms with Gasteiger partial charge >= 0.3 is 0 Å². The molecule has 17 heavy (non-hydrogen) atoms. The maximum absolute atomic E-state index is 9.81. The molecule has 0 amide bonds. The fraction of sp³-hybridized carbons (Fsp3) is 0.750. The molecule has 0 bridgehead atoms. The lowest BCUT2D eigenvalue weighted by Gasteiger charge is -2.27. The molecule has 2 aliphatic rings. The van der Waals surface area contributed by atoms with E-state index in [1.54, 1.807) is 0 Å². The van der Waals surface area contributed by atoms with Crippen molar-refractivity contribution in [2.45, 2.75) is 64.4 Å². The second-order valence-corrected chi connectivity index (χ2v) is 6.34. The van der Waals surface area contributed by atoms with Crippen LogP contribution in [0.25, 0.3) is 0 Å². The van der Waals surface area contributed by atoms with Gasteiger partial charge in [-0.25, -0.2) is 0 Å². The van der Waals surface area contributed by atoms with Gasteiger partial charge in [0.25, 0.3) is 0 Å². The fourth-order valence-electron chi connectivity index (χ4n) is 2.93. The minimum atomic E-state index is -0.607. The minimum absolute atomic E-state index is 0.607. The Hall–Kier alpha value is -0.560. The Morgan fingerprint density at radius 2 is 2.00 bits per heavy atom. The van der Waals surface area contributed by atoms with E-state index in [4.69, 9.17) is 0 Å². The van der Waals surface area contributed by atoms with Gasteiger partial charge in [-0.1, -0.05) is 56.4 Å². The number of hydrogen-bond acceptors (Lipinski definition) is 1. The molecule has 0 aromatic rings. The van der Waals surface area contributed by atoms with Crippen molar-refractivity contribution in [3.8, 4) is 0 Å². The van der Waals surface area contributed by atoms with Gasteiger partial charge in [0.2, 0.25) is 0 Å². The SMILES string of the molecule is CC1CCC(CCC2=CCC(C)(O)C=C2)CC1. The maximum Gasteiger partial charge on any atom is 0.0837 e. The van der Waals surface area contributed by atoms with Gasteiger partial charge < -0.3 is 5.11 Å². The van der Waals surface area contributed by atoms with Crippen molar-refractivity contribution in [2.75, 3.05) is 0 Å². The molecule has 2 rings (SSSR count). The molecule has 1 heteroatoms. The second-order valence-electron chi connectivity index (χ2n) is 6.34. The van der Waals surface area contributed by atoms with Crippen molar-refractivity contribution in [1.82, 2.24) is 0 Å². The standard InChI is InChI=1S/C16H26O/c1-13-3-5-14(6-4-13)7-8-15-9-11-16(2,17)12-10-15/h9-11,13-14,17H,3-8,12H2,1-2H3. The summed E-state index contributed by atoms with van der Waals surface area (Å²) in [4.78, 5) is 0. The summed E-state index contributed by atoms with van der Waals surface area (Å²) in [5, 5.41) is 9.81. The van der Waals surface area contributed by atoms with E-state index in [9.17, 15) is 5.11 Å². The van der Waals surface area contributed by atoms with Crippen molar-refractivity contribution in [3.05, 3.63) is 23.8 Å². The molecule has 2 aliphatic carbocycles.